The Balaban J connectivity index is 1.32. The Labute approximate surface area is 215 Å². The molecular formula is C32H25BO2S. The van der Waals surface area contributed by atoms with Gasteiger partial charge in [0.05, 0.1) is 0 Å². The highest BCUT2D eigenvalue weighted by Gasteiger charge is 2.42. The summed E-state index contributed by atoms with van der Waals surface area (Å²) >= 11 is 1.85. The van der Waals surface area contributed by atoms with E-state index in [1.54, 1.807) is 0 Å². The van der Waals surface area contributed by atoms with E-state index in [-0.39, 0.29) is 12.1 Å². The quantitative estimate of drug-likeness (QED) is 0.242. The fourth-order valence-corrected chi connectivity index (χ4v) is 7.16. The molecule has 5 aromatic rings. The number of hydrogen-bond donors (Lipinski definition) is 0. The Hall–Kier alpha value is -3.50. The Kier molecular flexibility index (Phi) is 4.05. The lowest BCUT2D eigenvalue weighted by Crippen LogP contribution is -2.56. The molecule has 2 aliphatic heterocycles. The Morgan fingerprint density at radius 1 is 0.750 bits per heavy atom. The fourth-order valence-electron chi connectivity index (χ4n) is 5.91. The number of benzene rings is 4. The SMILES string of the molecule is CC(C)(C)c1ccc2sc3c(c2c1)Oc1cccc2c1B3c1ccc(-c3ccc4c(c3)CC4)cc1O2. The Morgan fingerprint density at radius 2 is 1.53 bits per heavy atom. The van der Waals surface area contributed by atoms with Gasteiger partial charge in [0.1, 0.15) is 23.0 Å². The highest BCUT2D eigenvalue weighted by atomic mass is 32.1. The zero-order valence-corrected chi connectivity index (χ0v) is 21.5. The van der Waals surface area contributed by atoms with Crippen molar-refractivity contribution in [2.75, 3.05) is 0 Å². The predicted octanol–water partition coefficient (Wildman–Crippen LogP) is 6.69. The third-order valence-electron chi connectivity index (χ3n) is 8.07. The van der Waals surface area contributed by atoms with Gasteiger partial charge >= 0.3 is 0 Å². The zero-order chi connectivity index (χ0) is 24.2. The summed E-state index contributed by atoms with van der Waals surface area (Å²) in [5.74, 6) is 3.77. The van der Waals surface area contributed by atoms with Crippen LogP contribution in [0.25, 0.3) is 21.2 Å². The molecule has 4 aromatic carbocycles. The van der Waals surface area contributed by atoms with Crippen LogP contribution in [0.1, 0.15) is 37.5 Å². The first-order valence-corrected chi connectivity index (χ1v) is 13.6. The summed E-state index contributed by atoms with van der Waals surface area (Å²) < 4.78 is 15.7. The maximum Gasteiger partial charge on any atom is 0.273 e. The van der Waals surface area contributed by atoms with E-state index in [4.69, 9.17) is 9.47 Å². The van der Waals surface area contributed by atoms with Crippen molar-refractivity contribution in [2.45, 2.75) is 39.0 Å². The van der Waals surface area contributed by atoms with E-state index in [1.807, 2.05) is 17.4 Å². The van der Waals surface area contributed by atoms with Gasteiger partial charge in [0.15, 0.2) is 0 Å². The van der Waals surface area contributed by atoms with Gasteiger partial charge in [-0.2, -0.15) is 0 Å². The summed E-state index contributed by atoms with van der Waals surface area (Å²) in [5, 5.41) is 1.21. The van der Waals surface area contributed by atoms with Crippen molar-refractivity contribution in [2.24, 2.45) is 0 Å². The minimum atomic E-state index is 0.0863. The lowest BCUT2D eigenvalue weighted by atomic mass is 9.37. The Bertz CT molecular complexity index is 1740. The largest absolute Gasteiger partial charge is 0.458 e. The van der Waals surface area contributed by atoms with Crippen LogP contribution in [0, 0.1) is 0 Å². The van der Waals surface area contributed by atoms with Crippen molar-refractivity contribution in [1.82, 2.24) is 0 Å². The molecule has 0 bridgehead atoms. The van der Waals surface area contributed by atoms with Crippen LogP contribution in [-0.2, 0) is 18.3 Å². The molecule has 0 amide bonds. The van der Waals surface area contributed by atoms with Crippen LogP contribution in [0.15, 0.2) is 72.8 Å². The van der Waals surface area contributed by atoms with Gasteiger partial charge in [-0.15, -0.1) is 11.3 Å². The van der Waals surface area contributed by atoms with Gasteiger partial charge in [0.25, 0.3) is 6.71 Å². The van der Waals surface area contributed by atoms with Gasteiger partial charge < -0.3 is 9.47 Å². The Morgan fingerprint density at radius 3 is 2.31 bits per heavy atom. The van der Waals surface area contributed by atoms with E-state index in [2.05, 4.69) is 87.5 Å². The summed E-state index contributed by atoms with van der Waals surface area (Å²) in [5.41, 5.74) is 9.23. The zero-order valence-electron chi connectivity index (χ0n) is 20.6. The van der Waals surface area contributed by atoms with Gasteiger partial charge in [-0.1, -0.05) is 63.2 Å². The number of hydrogen-bond acceptors (Lipinski definition) is 3. The summed E-state index contributed by atoms with van der Waals surface area (Å²) in [6.45, 7) is 6.91. The van der Waals surface area contributed by atoms with E-state index in [9.17, 15) is 0 Å². The molecule has 0 saturated carbocycles. The van der Waals surface area contributed by atoms with E-state index >= 15 is 0 Å². The molecule has 4 heteroatoms. The summed E-state index contributed by atoms with van der Waals surface area (Å²) in [6.07, 6.45) is 2.40. The number of thiophene rings is 1. The van der Waals surface area contributed by atoms with Crippen LogP contribution in [-0.4, -0.2) is 6.71 Å². The van der Waals surface area contributed by atoms with Gasteiger partial charge in [0, 0.05) is 20.3 Å². The first-order chi connectivity index (χ1) is 17.4. The van der Waals surface area contributed by atoms with Crippen LogP contribution in [0.3, 0.4) is 0 Å². The van der Waals surface area contributed by atoms with E-state index in [0.29, 0.717) is 0 Å². The number of rotatable bonds is 1. The molecule has 3 heterocycles. The second-order valence-electron chi connectivity index (χ2n) is 11.3. The molecular weight excluding hydrogens is 459 g/mol. The van der Waals surface area contributed by atoms with Crippen molar-refractivity contribution in [3.8, 4) is 34.1 Å². The maximum atomic E-state index is 6.61. The molecule has 36 heavy (non-hydrogen) atoms. The second-order valence-corrected chi connectivity index (χ2v) is 12.4. The van der Waals surface area contributed by atoms with Crippen LogP contribution in [0.2, 0.25) is 0 Å². The van der Waals surface area contributed by atoms with E-state index in [1.165, 1.54) is 61.0 Å². The third-order valence-corrected chi connectivity index (χ3v) is 9.29. The van der Waals surface area contributed by atoms with Crippen molar-refractivity contribution in [3.63, 3.8) is 0 Å². The van der Waals surface area contributed by atoms with Crippen LogP contribution in [0.4, 0.5) is 0 Å². The molecule has 1 aromatic heterocycles. The summed E-state index contributed by atoms with van der Waals surface area (Å²) in [7, 11) is 0. The van der Waals surface area contributed by atoms with Crippen molar-refractivity contribution < 1.29 is 9.47 Å². The van der Waals surface area contributed by atoms with E-state index in [0.717, 1.165) is 28.5 Å². The van der Waals surface area contributed by atoms with Gasteiger partial charge in [-0.25, -0.2) is 0 Å². The van der Waals surface area contributed by atoms with Crippen molar-refractivity contribution in [1.29, 1.82) is 0 Å². The van der Waals surface area contributed by atoms with Crippen molar-refractivity contribution >= 4 is 43.8 Å². The fraction of sp³-hybridized carbons (Fsp3) is 0.188. The predicted molar refractivity (Wildman–Crippen MR) is 151 cm³/mol. The van der Waals surface area contributed by atoms with Gasteiger partial charge in [0.2, 0.25) is 0 Å². The molecule has 0 saturated heterocycles. The molecule has 8 rings (SSSR count). The normalized spacial score (nSPS) is 14.7. The van der Waals surface area contributed by atoms with Crippen LogP contribution >= 0.6 is 11.3 Å². The molecule has 0 atom stereocenters. The van der Waals surface area contributed by atoms with E-state index < -0.39 is 0 Å². The average molecular weight is 484 g/mol. The number of ether oxygens (including phenoxy) is 2. The molecule has 0 fully saturated rings. The highest BCUT2D eigenvalue weighted by Crippen LogP contribution is 2.42. The lowest BCUT2D eigenvalue weighted by Gasteiger charge is -2.31. The summed E-state index contributed by atoms with van der Waals surface area (Å²) in [4.78, 5) is 0. The third kappa shape index (κ3) is 2.85. The molecule has 174 valence electrons. The van der Waals surface area contributed by atoms with Crippen LogP contribution in [0.5, 0.6) is 23.0 Å². The summed E-state index contributed by atoms with van der Waals surface area (Å²) in [6, 6.07) is 26.7. The monoisotopic (exact) mass is 484 g/mol. The highest BCUT2D eigenvalue weighted by molar-refractivity contribution is 7.33. The topological polar surface area (TPSA) is 18.5 Å². The molecule has 0 unspecified atom stereocenters. The maximum absolute atomic E-state index is 6.61. The van der Waals surface area contributed by atoms with Crippen molar-refractivity contribution in [3.05, 3.63) is 89.5 Å². The minimum absolute atomic E-state index is 0.0863. The molecule has 0 spiro atoms. The second kappa shape index (κ2) is 7.05. The smallest absolute Gasteiger partial charge is 0.273 e. The molecule has 0 radical (unpaired) electrons. The molecule has 3 aliphatic rings. The standard InChI is InChI=1S/C32H25BO2S/c1-32(2,3)22-12-14-28-23(17-22)30-31(36-28)33-24-13-11-21(20-10-8-18-7-9-19(18)15-20)16-27(24)34-25-5-4-6-26(35-30)29(25)33/h4-6,8,10-17H,7,9H2,1-3H3. The van der Waals surface area contributed by atoms with Gasteiger partial charge in [-0.05, 0) is 81.9 Å². The molecule has 1 aliphatic carbocycles. The number of fused-ring (bicyclic) bond motifs is 7. The van der Waals surface area contributed by atoms with Gasteiger partial charge in [-0.3, -0.25) is 0 Å². The first-order valence-electron chi connectivity index (χ1n) is 12.8. The molecule has 2 nitrogen and oxygen atoms in total. The average Bonchev–Trinajstić information content (AvgIpc) is 3.21. The first kappa shape index (κ1) is 20.7. The minimum Gasteiger partial charge on any atom is -0.458 e. The molecule has 0 N–H and O–H groups in total. The number of aryl methyl sites for hydroxylation is 2. The lowest BCUT2D eigenvalue weighted by molar-refractivity contribution is 0.468. The van der Waals surface area contributed by atoms with Crippen LogP contribution < -0.4 is 25.2 Å².